The molecule has 0 unspecified atom stereocenters. The van der Waals surface area contributed by atoms with Crippen LogP contribution in [0.1, 0.15) is 22.8 Å². The molecule has 0 aliphatic carbocycles. The number of amides is 1. The van der Waals surface area contributed by atoms with Crippen molar-refractivity contribution < 1.29 is 14.3 Å². The summed E-state index contributed by atoms with van der Waals surface area (Å²) in [5.41, 5.74) is 2.51. The molecular weight excluding hydrogens is 368 g/mol. The summed E-state index contributed by atoms with van der Waals surface area (Å²) in [7, 11) is 3.01. The molecule has 1 aromatic heterocycles. The van der Waals surface area contributed by atoms with Gasteiger partial charge >= 0.3 is 0 Å². The Labute approximate surface area is 170 Å². The second-order valence-corrected chi connectivity index (χ2v) is 6.35. The van der Waals surface area contributed by atoms with Gasteiger partial charge in [0.2, 0.25) is 0 Å². The highest BCUT2D eigenvalue weighted by Crippen LogP contribution is 2.29. The second-order valence-electron chi connectivity index (χ2n) is 6.35. The minimum Gasteiger partial charge on any atom is -0.496 e. The molecule has 0 fully saturated rings. The number of hydrogen-bond acceptors (Lipinski definition) is 6. The number of methoxy groups -OCH3 is 2. The molecule has 0 spiro atoms. The molecule has 0 saturated carbocycles. The smallest absolute Gasteiger partial charge is 0.264 e. The van der Waals surface area contributed by atoms with Crippen molar-refractivity contribution in [1.82, 2.24) is 10.2 Å². The minimum atomic E-state index is -0.382. The number of anilines is 3. The van der Waals surface area contributed by atoms with Crippen LogP contribution in [-0.4, -0.2) is 36.9 Å². The third kappa shape index (κ3) is 4.45. The average molecular weight is 392 g/mol. The molecule has 29 heavy (non-hydrogen) atoms. The van der Waals surface area contributed by atoms with Gasteiger partial charge in [-0.3, -0.25) is 4.79 Å². The Morgan fingerprint density at radius 1 is 1.00 bits per heavy atom. The van der Waals surface area contributed by atoms with Crippen molar-refractivity contribution >= 4 is 23.2 Å². The Bertz CT molecular complexity index is 967. The minimum absolute atomic E-state index is 0.304. The molecular formula is C22H24N4O3. The molecule has 1 N–H and O–H groups in total. The zero-order chi connectivity index (χ0) is 20.8. The Morgan fingerprint density at radius 2 is 1.69 bits per heavy atom. The number of carbonyl (C=O) groups is 1. The van der Waals surface area contributed by atoms with Gasteiger partial charge in [-0.2, -0.15) is 0 Å². The lowest BCUT2D eigenvalue weighted by Gasteiger charge is -2.22. The van der Waals surface area contributed by atoms with Gasteiger partial charge in [-0.25, -0.2) is 0 Å². The van der Waals surface area contributed by atoms with E-state index in [9.17, 15) is 4.79 Å². The standard InChI is InChI=1S/C22H24N4O3/c1-5-26(16-9-6-8-15(2)14-16)20-13-12-19(24-25-20)23-22(27)21-17(28-3)10-7-11-18(21)29-4/h6-14H,5H2,1-4H3,(H,23,24,27). The predicted octanol–water partition coefficient (Wildman–Crippen LogP) is 4.21. The summed E-state index contributed by atoms with van der Waals surface area (Å²) in [6.45, 7) is 4.84. The number of benzene rings is 2. The Balaban J connectivity index is 1.81. The van der Waals surface area contributed by atoms with Crippen molar-refractivity contribution in [3.05, 3.63) is 65.7 Å². The molecule has 0 bridgehead atoms. The van der Waals surface area contributed by atoms with Crippen LogP contribution in [0, 0.1) is 6.92 Å². The van der Waals surface area contributed by atoms with Crippen molar-refractivity contribution in [2.45, 2.75) is 13.8 Å². The van der Waals surface area contributed by atoms with Gasteiger partial charge in [0.25, 0.3) is 5.91 Å². The van der Waals surface area contributed by atoms with E-state index in [1.165, 1.54) is 19.8 Å². The first-order chi connectivity index (χ1) is 14.1. The van der Waals surface area contributed by atoms with Crippen LogP contribution in [0.25, 0.3) is 0 Å². The molecule has 7 heteroatoms. The maximum Gasteiger partial charge on any atom is 0.264 e. The second kappa shape index (κ2) is 9.05. The Morgan fingerprint density at radius 3 is 2.24 bits per heavy atom. The fraction of sp³-hybridized carbons (Fsp3) is 0.227. The van der Waals surface area contributed by atoms with E-state index < -0.39 is 0 Å². The zero-order valence-electron chi connectivity index (χ0n) is 17.0. The molecule has 150 valence electrons. The highest BCUT2D eigenvalue weighted by molar-refractivity contribution is 6.07. The van der Waals surface area contributed by atoms with E-state index in [1.54, 1.807) is 24.3 Å². The van der Waals surface area contributed by atoms with Crippen molar-refractivity contribution in [1.29, 1.82) is 0 Å². The summed E-state index contributed by atoms with van der Waals surface area (Å²) in [5, 5.41) is 11.2. The molecule has 1 heterocycles. The monoisotopic (exact) mass is 392 g/mol. The summed E-state index contributed by atoms with van der Waals surface area (Å²) >= 11 is 0. The number of aryl methyl sites for hydroxylation is 1. The quantitative estimate of drug-likeness (QED) is 0.649. The van der Waals surface area contributed by atoms with Crippen LogP contribution in [-0.2, 0) is 0 Å². The van der Waals surface area contributed by atoms with Crippen LogP contribution in [0.3, 0.4) is 0 Å². The molecule has 0 aliphatic rings. The third-order valence-corrected chi connectivity index (χ3v) is 4.45. The largest absolute Gasteiger partial charge is 0.496 e. The lowest BCUT2D eigenvalue weighted by atomic mass is 10.1. The van der Waals surface area contributed by atoms with Gasteiger partial charge in [0.05, 0.1) is 14.2 Å². The third-order valence-electron chi connectivity index (χ3n) is 4.45. The maximum absolute atomic E-state index is 12.8. The van der Waals surface area contributed by atoms with E-state index in [2.05, 4.69) is 26.5 Å². The molecule has 7 nitrogen and oxygen atoms in total. The molecule has 2 aromatic carbocycles. The van der Waals surface area contributed by atoms with Gasteiger partial charge in [-0.1, -0.05) is 18.2 Å². The molecule has 1 amide bonds. The van der Waals surface area contributed by atoms with E-state index in [-0.39, 0.29) is 5.91 Å². The van der Waals surface area contributed by atoms with E-state index in [4.69, 9.17) is 9.47 Å². The van der Waals surface area contributed by atoms with Crippen molar-refractivity contribution in [2.24, 2.45) is 0 Å². The molecule has 0 atom stereocenters. The maximum atomic E-state index is 12.8. The fourth-order valence-corrected chi connectivity index (χ4v) is 3.06. The molecule has 0 aliphatic heterocycles. The van der Waals surface area contributed by atoms with Crippen molar-refractivity contribution in [3.63, 3.8) is 0 Å². The number of aromatic nitrogens is 2. The van der Waals surface area contributed by atoms with Gasteiger partial charge in [-0.05, 0) is 55.8 Å². The summed E-state index contributed by atoms with van der Waals surface area (Å²) in [6, 6.07) is 16.9. The van der Waals surface area contributed by atoms with E-state index in [1.807, 2.05) is 38.1 Å². The highest BCUT2D eigenvalue weighted by Gasteiger charge is 2.19. The van der Waals surface area contributed by atoms with Crippen LogP contribution in [0.15, 0.2) is 54.6 Å². The summed E-state index contributed by atoms with van der Waals surface area (Å²) in [4.78, 5) is 14.8. The number of nitrogens with one attached hydrogen (secondary N) is 1. The summed E-state index contributed by atoms with van der Waals surface area (Å²) in [5.74, 6) is 1.50. The SMILES string of the molecule is CCN(c1cccc(C)c1)c1ccc(NC(=O)c2c(OC)cccc2OC)nn1. The fourth-order valence-electron chi connectivity index (χ4n) is 3.06. The van der Waals surface area contributed by atoms with Crippen LogP contribution in [0.5, 0.6) is 11.5 Å². The average Bonchev–Trinajstić information content (AvgIpc) is 2.74. The normalized spacial score (nSPS) is 10.3. The van der Waals surface area contributed by atoms with E-state index in [0.29, 0.717) is 28.7 Å². The van der Waals surface area contributed by atoms with Gasteiger partial charge in [0, 0.05) is 12.2 Å². The Kier molecular flexibility index (Phi) is 6.29. The van der Waals surface area contributed by atoms with E-state index in [0.717, 1.165) is 12.2 Å². The van der Waals surface area contributed by atoms with Gasteiger partial charge in [0.15, 0.2) is 11.6 Å². The topological polar surface area (TPSA) is 76.6 Å². The van der Waals surface area contributed by atoms with Gasteiger partial charge < -0.3 is 19.7 Å². The zero-order valence-corrected chi connectivity index (χ0v) is 17.0. The van der Waals surface area contributed by atoms with Crippen molar-refractivity contribution in [2.75, 3.05) is 31.0 Å². The van der Waals surface area contributed by atoms with Gasteiger partial charge in [-0.15, -0.1) is 10.2 Å². The first-order valence-corrected chi connectivity index (χ1v) is 9.27. The molecule has 0 saturated heterocycles. The van der Waals surface area contributed by atoms with Crippen LogP contribution < -0.4 is 19.7 Å². The lowest BCUT2D eigenvalue weighted by Crippen LogP contribution is -2.19. The highest BCUT2D eigenvalue weighted by atomic mass is 16.5. The number of hydrogen-bond donors (Lipinski definition) is 1. The van der Waals surface area contributed by atoms with Crippen molar-refractivity contribution in [3.8, 4) is 11.5 Å². The van der Waals surface area contributed by atoms with Crippen LogP contribution in [0.2, 0.25) is 0 Å². The number of carbonyl (C=O) groups excluding carboxylic acids is 1. The first-order valence-electron chi connectivity index (χ1n) is 9.27. The molecule has 3 rings (SSSR count). The first kappa shape index (κ1) is 20.1. The Hall–Kier alpha value is -3.61. The van der Waals surface area contributed by atoms with E-state index >= 15 is 0 Å². The summed E-state index contributed by atoms with van der Waals surface area (Å²) < 4.78 is 10.6. The number of nitrogens with zero attached hydrogens (tertiary/aromatic N) is 3. The van der Waals surface area contributed by atoms with Gasteiger partial charge in [0.1, 0.15) is 17.1 Å². The number of ether oxygens (including phenoxy) is 2. The van der Waals surface area contributed by atoms with Crippen LogP contribution >= 0.6 is 0 Å². The molecule has 3 aromatic rings. The molecule has 0 radical (unpaired) electrons. The summed E-state index contributed by atoms with van der Waals surface area (Å²) in [6.07, 6.45) is 0. The number of rotatable bonds is 7. The lowest BCUT2D eigenvalue weighted by molar-refractivity contribution is 0.102. The predicted molar refractivity (Wildman–Crippen MR) is 113 cm³/mol. The van der Waals surface area contributed by atoms with Crippen LogP contribution in [0.4, 0.5) is 17.3 Å².